The van der Waals surface area contributed by atoms with Crippen molar-refractivity contribution >= 4 is 23.2 Å². The Morgan fingerprint density at radius 1 is 1.17 bits per heavy atom. The summed E-state index contributed by atoms with van der Waals surface area (Å²) in [5, 5.41) is 2.70. The highest BCUT2D eigenvalue weighted by atomic mass is 19.1. The number of nitrogens with one attached hydrogen (secondary N) is 1. The van der Waals surface area contributed by atoms with Gasteiger partial charge >= 0.3 is 0 Å². The zero-order valence-electron chi connectivity index (χ0n) is 17.1. The minimum atomic E-state index is -0.493. The van der Waals surface area contributed by atoms with Crippen LogP contribution in [0.2, 0.25) is 0 Å². The third kappa shape index (κ3) is 3.39. The second-order valence-corrected chi connectivity index (χ2v) is 8.58. The number of nitrogens with zero attached hydrogens (tertiary/aromatic N) is 6. The van der Waals surface area contributed by atoms with Crippen LogP contribution >= 0.6 is 0 Å². The van der Waals surface area contributed by atoms with E-state index in [0.29, 0.717) is 28.3 Å². The lowest BCUT2D eigenvalue weighted by Crippen LogP contribution is -2.58. The first-order valence-electron chi connectivity index (χ1n) is 10.1. The van der Waals surface area contributed by atoms with Gasteiger partial charge in [-0.1, -0.05) is 0 Å². The molecule has 1 amide bonds. The average Bonchev–Trinajstić information content (AvgIpc) is 3.08. The van der Waals surface area contributed by atoms with Gasteiger partial charge in [0.1, 0.15) is 0 Å². The van der Waals surface area contributed by atoms with E-state index in [9.17, 15) is 9.18 Å². The van der Waals surface area contributed by atoms with Gasteiger partial charge in [0, 0.05) is 57.0 Å². The first-order chi connectivity index (χ1) is 14.4. The number of carbonyl (C=O) groups is 1. The summed E-state index contributed by atoms with van der Waals surface area (Å²) in [5.41, 5.74) is 2.08. The van der Waals surface area contributed by atoms with Crippen LogP contribution in [0.4, 0.5) is 16.0 Å². The van der Waals surface area contributed by atoms with Gasteiger partial charge in [0.05, 0.1) is 16.9 Å². The summed E-state index contributed by atoms with van der Waals surface area (Å²) in [5.74, 6) is -0.226. The fourth-order valence-electron chi connectivity index (χ4n) is 4.65. The maximum Gasteiger partial charge on any atom is 0.258 e. The Bertz CT molecular complexity index is 1090. The lowest BCUT2D eigenvalue weighted by atomic mass is 9.72. The van der Waals surface area contributed by atoms with Gasteiger partial charge in [-0.3, -0.25) is 4.79 Å². The van der Waals surface area contributed by atoms with Crippen molar-refractivity contribution in [3.63, 3.8) is 0 Å². The molecular formula is C21H24FN7O. The number of pyridine rings is 1. The molecule has 2 aliphatic rings. The standard InChI is InChI=1S/C21H24FN7O/c1-14-10-29-11-16(7-17(22)18(29)25-14)26-19(30)15-8-23-20(24-9-15)28-5-3-21(4-6-28)12-27(2)13-21/h7-11H,3-6,12-13H2,1-2H3,(H,26,30). The number of carbonyl (C=O) groups excluding carboxylic acids is 1. The highest BCUT2D eigenvalue weighted by molar-refractivity contribution is 6.03. The smallest absolute Gasteiger partial charge is 0.258 e. The molecule has 0 atom stereocenters. The van der Waals surface area contributed by atoms with Crippen LogP contribution in [0, 0.1) is 18.2 Å². The van der Waals surface area contributed by atoms with Crippen LogP contribution in [0.3, 0.4) is 0 Å². The highest BCUT2D eigenvalue weighted by Gasteiger charge is 2.43. The normalized spacial score (nSPS) is 18.6. The number of imidazole rings is 1. The van der Waals surface area contributed by atoms with Crippen LogP contribution in [0.15, 0.2) is 30.9 Å². The number of hydrogen-bond acceptors (Lipinski definition) is 6. The third-order valence-electron chi connectivity index (χ3n) is 6.10. The van der Waals surface area contributed by atoms with Gasteiger partial charge < -0.3 is 19.5 Å². The highest BCUT2D eigenvalue weighted by Crippen LogP contribution is 2.39. The number of amides is 1. The Morgan fingerprint density at radius 2 is 1.87 bits per heavy atom. The van der Waals surface area contributed by atoms with Crippen LogP contribution in [-0.2, 0) is 0 Å². The number of fused-ring (bicyclic) bond motifs is 1. The fourth-order valence-corrected chi connectivity index (χ4v) is 4.65. The van der Waals surface area contributed by atoms with Crippen LogP contribution in [0.1, 0.15) is 28.9 Å². The Kier molecular flexibility index (Phi) is 4.43. The van der Waals surface area contributed by atoms with Crippen molar-refractivity contribution in [2.24, 2.45) is 5.41 Å². The Labute approximate surface area is 173 Å². The second kappa shape index (κ2) is 7.02. The minimum Gasteiger partial charge on any atom is -0.341 e. The quantitative estimate of drug-likeness (QED) is 0.716. The van der Waals surface area contributed by atoms with E-state index in [-0.39, 0.29) is 11.6 Å². The molecule has 9 heteroatoms. The number of aromatic nitrogens is 4. The van der Waals surface area contributed by atoms with Crippen LogP contribution < -0.4 is 10.2 Å². The van der Waals surface area contributed by atoms with E-state index in [1.165, 1.54) is 31.5 Å². The van der Waals surface area contributed by atoms with Crippen molar-refractivity contribution in [2.45, 2.75) is 19.8 Å². The maximum absolute atomic E-state index is 14.2. The summed E-state index contributed by atoms with van der Waals surface area (Å²) in [7, 11) is 2.16. The first kappa shape index (κ1) is 18.9. The Morgan fingerprint density at radius 3 is 2.53 bits per heavy atom. The molecule has 0 aromatic carbocycles. The van der Waals surface area contributed by atoms with Gasteiger partial charge in [0.25, 0.3) is 5.91 Å². The fraction of sp³-hybridized carbons (Fsp3) is 0.429. The van der Waals surface area contributed by atoms with E-state index >= 15 is 0 Å². The zero-order chi connectivity index (χ0) is 20.9. The van der Waals surface area contributed by atoms with Crippen molar-refractivity contribution < 1.29 is 9.18 Å². The molecule has 3 aromatic heterocycles. The molecule has 5 rings (SSSR count). The van der Waals surface area contributed by atoms with Crippen molar-refractivity contribution in [2.75, 3.05) is 43.4 Å². The number of likely N-dealkylation sites (tertiary alicyclic amines) is 1. The summed E-state index contributed by atoms with van der Waals surface area (Å²) >= 11 is 0. The van der Waals surface area contributed by atoms with Crippen molar-refractivity contribution in [3.05, 3.63) is 47.9 Å². The number of aryl methyl sites for hydroxylation is 1. The Balaban J connectivity index is 1.25. The average molecular weight is 409 g/mol. The van der Waals surface area contributed by atoms with E-state index in [0.717, 1.165) is 25.9 Å². The SMILES string of the molecule is Cc1cn2cc(NC(=O)c3cnc(N4CCC5(CC4)CN(C)C5)nc3)cc(F)c2n1. The molecule has 8 nitrogen and oxygen atoms in total. The molecule has 30 heavy (non-hydrogen) atoms. The molecule has 0 aliphatic carbocycles. The van der Waals surface area contributed by atoms with Crippen LogP contribution in [-0.4, -0.2) is 63.4 Å². The van der Waals surface area contributed by atoms with Gasteiger partial charge in [-0.05, 0) is 32.2 Å². The van der Waals surface area contributed by atoms with E-state index in [1.54, 1.807) is 23.7 Å². The molecule has 3 aromatic rings. The van der Waals surface area contributed by atoms with Gasteiger partial charge in [-0.15, -0.1) is 0 Å². The lowest BCUT2D eigenvalue weighted by molar-refractivity contribution is 0.00110. The summed E-state index contributed by atoms with van der Waals surface area (Å²) in [6.07, 6.45) is 8.67. The van der Waals surface area contributed by atoms with Gasteiger partial charge in [0.15, 0.2) is 11.5 Å². The van der Waals surface area contributed by atoms with E-state index < -0.39 is 5.82 Å². The predicted molar refractivity (Wildman–Crippen MR) is 111 cm³/mol. The number of piperidine rings is 1. The lowest BCUT2D eigenvalue weighted by Gasteiger charge is -2.52. The van der Waals surface area contributed by atoms with Crippen molar-refractivity contribution in [1.82, 2.24) is 24.3 Å². The summed E-state index contributed by atoms with van der Waals surface area (Å²) in [6, 6.07) is 1.26. The third-order valence-corrected chi connectivity index (χ3v) is 6.10. The molecule has 0 radical (unpaired) electrons. The Hall–Kier alpha value is -3.07. The molecule has 1 N–H and O–H groups in total. The molecule has 156 valence electrons. The number of halogens is 1. The first-order valence-corrected chi connectivity index (χ1v) is 10.1. The zero-order valence-corrected chi connectivity index (χ0v) is 17.1. The largest absolute Gasteiger partial charge is 0.341 e. The van der Waals surface area contributed by atoms with E-state index in [2.05, 4.69) is 37.1 Å². The number of anilines is 2. The van der Waals surface area contributed by atoms with Crippen LogP contribution in [0.5, 0.6) is 0 Å². The van der Waals surface area contributed by atoms with Gasteiger partial charge in [-0.25, -0.2) is 19.3 Å². The molecule has 2 aliphatic heterocycles. The summed E-state index contributed by atoms with van der Waals surface area (Å²) in [4.78, 5) is 30.0. The van der Waals surface area contributed by atoms with Crippen molar-refractivity contribution in [3.8, 4) is 0 Å². The van der Waals surface area contributed by atoms with Crippen LogP contribution in [0.25, 0.3) is 5.65 Å². The minimum absolute atomic E-state index is 0.232. The van der Waals surface area contributed by atoms with Gasteiger partial charge in [0.2, 0.25) is 5.95 Å². The maximum atomic E-state index is 14.2. The molecule has 0 saturated carbocycles. The monoisotopic (exact) mass is 409 g/mol. The topological polar surface area (TPSA) is 78.7 Å². The van der Waals surface area contributed by atoms with Gasteiger partial charge in [-0.2, -0.15) is 0 Å². The predicted octanol–water partition coefficient (Wildman–Crippen LogP) is 2.36. The van der Waals surface area contributed by atoms with Crippen molar-refractivity contribution in [1.29, 1.82) is 0 Å². The molecule has 2 fully saturated rings. The number of rotatable bonds is 3. The molecule has 1 spiro atoms. The van der Waals surface area contributed by atoms with E-state index in [1.807, 2.05) is 0 Å². The molecule has 0 bridgehead atoms. The molecule has 0 unspecified atom stereocenters. The number of hydrogen-bond donors (Lipinski definition) is 1. The molecular weight excluding hydrogens is 385 g/mol. The molecule has 5 heterocycles. The summed E-state index contributed by atoms with van der Waals surface area (Å²) < 4.78 is 15.8. The van der Waals surface area contributed by atoms with E-state index in [4.69, 9.17) is 0 Å². The molecule has 2 saturated heterocycles. The second-order valence-electron chi connectivity index (χ2n) is 8.58. The summed E-state index contributed by atoms with van der Waals surface area (Å²) in [6.45, 7) is 6.00.